The fraction of sp³-hybridized carbons (Fsp3) is 0. The van der Waals surface area contributed by atoms with Gasteiger partial charge in [0.05, 0.1) is 16.1 Å². The molecule has 1 aromatic heterocycles. The van der Waals surface area contributed by atoms with Gasteiger partial charge in [-0.1, -0.05) is 76.1 Å². The molecule has 130 valence electrons. The van der Waals surface area contributed by atoms with Crippen LogP contribution < -0.4 is 0 Å². The third-order valence-corrected chi connectivity index (χ3v) is 5.72. The fourth-order valence-electron chi connectivity index (χ4n) is 3.73. The van der Waals surface area contributed by atoms with Crippen molar-refractivity contribution >= 4 is 49.3 Å². The van der Waals surface area contributed by atoms with Crippen LogP contribution in [-0.2, 0) is 0 Å². The molecular weight excluding hydrogens is 418 g/mol. The standard InChI is InChI=1S/C24H15BrClN/c25-18-12-13-22-20(15-18)24-21(26)10-5-11-23(24)27(22)19-9-4-8-17(14-19)16-6-2-1-3-7-16/h1-15H. The van der Waals surface area contributed by atoms with E-state index in [-0.39, 0.29) is 0 Å². The number of hydrogen-bond acceptors (Lipinski definition) is 0. The van der Waals surface area contributed by atoms with Crippen LogP contribution in [0.4, 0.5) is 0 Å². The van der Waals surface area contributed by atoms with Crippen LogP contribution in [0.3, 0.4) is 0 Å². The maximum absolute atomic E-state index is 6.59. The summed E-state index contributed by atoms with van der Waals surface area (Å²) in [6, 6.07) is 31.5. The lowest BCUT2D eigenvalue weighted by atomic mass is 10.1. The van der Waals surface area contributed by atoms with Crippen LogP contribution in [0.2, 0.25) is 5.02 Å². The van der Waals surface area contributed by atoms with Gasteiger partial charge in [-0.05, 0) is 53.6 Å². The van der Waals surface area contributed by atoms with Crippen molar-refractivity contribution in [2.75, 3.05) is 0 Å². The van der Waals surface area contributed by atoms with Gasteiger partial charge in [0.2, 0.25) is 0 Å². The zero-order chi connectivity index (χ0) is 18.4. The summed E-state index contributed by atoms with van der Waals surface area (Å²) in [5, 5.41) is 3.00. The lowest BCUT2D eigenvalue weighted by Crippen LogP contribution is -1.94. The van der Waals surface area contributed by atoms with Gasteiger partial charge in [0.15, 0.2) is 0 Å². The van der Waals surface area contributed by atoms with Crippen molar-refractivity contribution in [2.45, 2.75) is 0 Å². The minimum atomic E-state index is 0.772. The molecule has 0 aliphatic rings. The van der Waals surface area contributed by atoms with E-state index in [1.807, 2.05) is 18.2 Å². The topological polar surface area (TPSA) is 4.93 Å². The highest BCUT2D eigenvalue weighted by molar-refractivity contribution is 9.10. The third kappa shape index (κ3) is 2.77. The maximum Gasteiger partial charge on any atom is 0.0556 e. The second kappa shape index (κ2) is 6.56. The first-order chi connectivity index (χ1) is 13.2. The quantitative estimate of drug-likeness (QED) is 0.267. The number of halogens is 2. The largest absolute Gasteiger partial charge is 0.309 e. The van der Waals surface area contributed by atoms with Gasteiger partial charge in [-0.15, -0.1) is 0 Å². The van der Waals surface area contributed by atoms with Crippen LogP contribution in [0, 0.1) is 0 Å². The Hall–Kier alpha value is -2.55. The van der Waals surface area contributed by atoms with Gasteiger partial charge >= 0.3 is 0 Å². The predicted octanol–water partition coefficient (Wildman–Crippen LogP) is 7.87. The Morgan fingerprint density at radius 3 is 2.30 bits per heavy atom. The van der Waals surface area contributed by atoms with Gasteiger partial charge in [-0.2, -0.15) is 0 Å². The molecule has 0 amide bonds. The van der Waals surface area contributed by atoms with Crippen LogP contribution in [0.25, 0.3) is 38.6 Å². The van der Waals surface area contributed by atoms with Gasteiger partial charge < -0.3 is 4.57 Å². The molecule has 0 fully saturated rings. The van der Waals surface area contributed by atoms with Crippen molar-refractivity contribution in [3.8, 4) is 16.8 Å². The smallest absolute Gasteiger partial charge is 0.0556 e. The van der Waals surface area contributed by atoms with E-state index < -0.39 is 0 Å². The fourth-order valence-corrected chi connectivity index (χ4v) is 4.36. The molecule has 3 heteroatoms. The molecule has 0 bridgehead atoms. The number of benzene rings is 4. The Kier molecular flexibility index (Phi) is 4.04. The molecule has 0 saturated carbocycles. The maximum atomic E-state index is 6.59. The minimum Gasteiger partial charge on any atom is -0.309 e. The number of aromatic nitrogens is 1. The second-order valence-electron chi connectivity index (χ2n) is 6.55. The van der Waals surface area contributed by atoms with Crippen molar-refractivity contribution in [1.82, 2.24) is 4.57 Å². The van der Waals surface area contributed by atoms with Crippen molar-refractivity contribution in [3.05, 3.63) is 100 Å². The highest BCUT2D eigenvalue weighted by Crippen LogP contribution is 2.38. The molecule has 0 aliphatic carbocycles. The third-order valence-electron chi connectivity index (χ3n) is 4.91. The highest BCUT2D eigenvalue weighted by atomic mass is 79.9. The van der Waals surface area contributed by atoms with Crippen LogP contribution in [0.5, 0.6) is 0 Å². The normalized spacial score (nSPS) is 11.3. The lowest BCUT2D eigenvalue weighted by molar-refractivity contribution is 1.18. The molecule has 0 unspecified atom stereocenters. The van der Waals surface area contributed by atoms with E-state index in [4.69, 9.17) is 11.6 Å². The molecule has 1 heterocycles. The summed E-state index contributed by atoms with van der Waals surface area (Å²) in [5.41, 5.74) is 5.79. The first-order valence-corrected chi connectivity index (χ1v) is 9.93. The van der Waals surface area contributed by atoms with E-state index in [0.717, 1.165) is 37.0 Å². The second-order valence-corrected chi connectivity index (χ2v) is 7.87. The Balaban J connectivity index is 1.84. The molecule has 5 aromatic rings. The van der Waals surface area contributed by atoms with Crippen molar-refractivity contribution in [3.63, 3.8) is 0 Å². The average molecular weight is 433 g/mol. The van der Waals surface area contributed by atoms with Crippen LogP contribution in [0.1, 0.15) is 0 Å². The van der Waals surface area contributed by atoms with E-state index in [1.54, 1.807) is 0 Å². The SMILES string of the molecule is Clc1cccc2c1c1cc(Br)ccc1n2-c1cccc(-c2ccccc2)c1. The molecule has 1 nitrogen and oxygen atoms in total. The number of nitrogens with zero attached hydrogens (tertiary/aromatic N) is 1. The average Bonchev–Trinajstić information content (AvgIpc) is 3.03. The molecule has 0 N–H and O–H groups in total. The van der Waals surface area contributed by atoms with E-state index in [2.05, 4.69) is 93.3 Å². The molecule has 0 aliphatic heterocycles. The molecule has 5 rings (SSSR count). The van der Waals surface area contributed by atoms with Crippen LogP contribution >= 0.6 is 27.5 Å². The Morgan fingerprint density at radius 1 is 0.667 bits per heavy atom. The Morgan fingerprint density at radius 2 is 1.44 bits per heavy atom. The monoisotopic (exact) mass is 431 g/mol. The predicted molar refractivity (Wildman–Crippen MR) is 119 cm³/mol. The molecule has 0 radical (unpaired) electrons. The van der Waals surface area contributed by atoms with Crippen LogP contribution in [0.15, 0.2) is 95.5 Å². The molecule has 27 heavy (non-hydrogen) atoms. The number of hydrogen-bond donors (Lipinski definition) is 0. The lowest BCUT2D eigenvalue weighted by Gasteiger charge is -2.10. The van der Waals surface area contributed by atoms with E-state index >= 15 is 0 Å². The first kappa shape index (κ1) is 16.6. The zero-order valence-electron chi connectivity index (χ0n) is 14.4. The van der Waals surface area contributed by atoms with Gasteiger partial charge in [0.1, 0.15) is 0 Å². The van der Waals surface area contributed by atoms with E-state index in [9.17, 15) is 0 Å². The molecular formula is C24H15BrClN. The first-order valence-electron chi connectivity index (χ1n) is 8.76. The van der Waals surface area contributed by atoms with Gasteiger partial charge in [0, 0.05) is 20.9 Å². The molecule has 0 atom stereocenters. The van der Waals surface area contributed by atoms with Gasteiger partial charge in [-0.25, -0.2) is 0 Å². The van der Waals surface area contributed by atoms with Gasteiger partial charge in [0.25, 0.3) is 0 Å². The number of fused-ring (bicyclic) bond motifs is 3. The van der Waals surface area contributed by atoms with Crippen LogP contribution in [-0.4, -0.2) is 4.57 Å². The van der Waals surface area contributed by atoms with Crippen molar-refractivity contribution < 1.29 is 0 Å². The minimum absolute atomic E-state index is 0.772. The van der Waals surface area contributed by atoms with E-state index in [0.29, 0.717) is 0 Å². The summed E-state index contributed by atoms with van der Waals surface area (Å²) in [4.78, 5) is 0. The highest BCUT2D eigenvalue weighted by Gasteiger charge is 2.15. The summed E-state index contributed by atoms with van der Waals surface area (Å²) in [6.45, 7) is 0. The summed E-state index contributed by atoms with van der Waals surface area (Å²) in [7, 11) is 0. The zero-order valence-corrected chi connectivity index (χ0v) is 16.7. The number of rotatable bonds is 2. The summed E-state index contributed by atoms with van der Waals surface area (Å²) >= 11 is 10.2. The van der Waals surface area contributed by atoms with Crippen molar-refractivity contribution in [2.24, 2.45) is 0 Å². The summed E-state index contributed by atoms with van der Waals surface area (Å²) in [6.07, 6.45) is 0. The molecule has 4 aromatic carbocycles. The Labute approximate surface area is 170 Å². The summed E-state index contributed by atoms with van der Waals surface area (Å²) < 4.78 is 3.34. The summed E-state index contributed by atoms with van der Waals surface area (Å²) in [5.74, 6) is 0. The van der Waals surface area contributed by atoms with Crippen molar-refractivity contribution in [1.29, 1.82) is 0 Å². The van der Waals surface area contributed by atoms with E-state index in [1.165, 1.54) is 11.1 Å². The van der Waals surface area contributed by atoms with Gasteiger partial charge in [-0.3, -0.25) is 0 Å². The molecule has 0 saturated heterocycles. The Bertz CT molecular complexity index is 1290. The molecule has 0 spiro atoms.